The molecular weight excluding hydrogens is 438 g/mol. The lowest BCUT2D eigenvalue weighted by molar-refractivity contribution is 0.0978. The van der Waals surface area contributed by atoms with Gasteiger partial charge >= 0.3 is 0 Å². The van der Waals surface area contributed by atoms with Crippen LogP contribution in [0.4, 0.5) is 8.78 Å². The Labute approximate surface area is 184 Å². The fourth-order valence-corrected chi connectivity index (χ4v) is 3.56. The van der Waals surface area contributed by atoms with Crippen LogP contribution in [0.3, 0.4) is 0 Å². The molecule has 10 heteroatoms. The van der Waals surface area contributed by atoms with Gasteiger partial charge in [-0.1, -0.05) is 17.3 Å². The topological polar surface area (TPSA) is 85.6 Å². The van der Waals surface area contributed by atoms with Crippen molar-refractivity contribution in [3.8, 4) is 11.3 Å². The lowest BCUT2D eigenvalue weighted by Gasteiger charge is -2.07. The Hall–Kier alpha value is -3.98. The average Bonchev–Trinajstić information content (AvgIpc) is 3.21. The van der Waals surface area contributed by atoms with Gasteiger partial charge in [0.05, 0.1) is 23.3 Å². The molecule has 3 aromatic heterocycles. The van der Waals surface area contributed by atoms with Crippen LogP contribution in [0, 0.1) is 11.6 Å². The van der Waals surface area contributed by atoms with Crippen molar-refractivity contribution >= 4 is 39.8 Å². The number of pyridine rings is 2. The monoisotopic (exact) mass is 450 g/mol. The summed E-state index contributed by atoms with van der Waals surface area (Å²) in [6, 6.07) is 14.2. The first kappa shape index (κ1) is 20.0. The zero-order chi connectivity index (χ0) is 22.2. The molecule has 158 valence electrons. The van der Waals surface area contributed by atoms with E-state index in [9.17, 15) is 13.6 Å². The van der Waals surface area contributed by atoms with E-state index in [1.807, 2.05) is 10.9 Å². The van der Waals surface area contributed by atoms with Crippen LogP contribution < -0.4 is 4.84 Å². The number of hydrogen-bond donors (Lipinski definition) is 1. The molecule has 32 heavy (non-hydrogen) atoms. The molecule has 0 aliphatic carbocycles. The highest BCUT2D eigenvalue weighted by Gasteiger charge is 2.15. The number of fused-ring (bicyclic) bond motifs is 2. The minimum absolute atomic E-state index is 0.104. The first-order valence-corrected chi connectivity index (χ1v) is 9.85. The van der Waals surface area contributed by atoms with Crippen LogP contribution in [0.2, 0.25) is 0 Å². The molecule has 0 radical (unpaired) electrons. The van der Waals surface area contributed by atoms with E-state index in [1.54, 1.807) is 36.5 Å². The molecular formula is C22H13ClF2N6O. The van der Waals surface area contributed by atoms with Gasteiger partial charge in [0, 0.05) is 40.6 Å². The molecule has 5 rings (SSSR count). The first-order chi connectivity index (χ1) is 15.5. The molecule has 2 aromatic carbocycles. The Kier molecular flexibility index (Phi) is 4.95. The van der Waals surface area contributed by atoms with Gasteiger partial charge in [0.1, 0.15) is 17.2 Å². The second-order valence-corrected chi connectivity index (χ2v) is 7.23. The third kappa shape index (κ3) is 3.52. The molecule has 0 saturated heterocycles. The summed E-state index contributed by atoms with van der Waals surface area (Å²) in [5, 5.41) is 8.98. The molecule has 0 spiro atoms. The Morgan fingerprint density at radius 1 is 1.03 bits per heavy atom. The predicted octanol–water partition coefficient (Wildman–Crippen LogP) is 4.25. The van der Waals surface area contributed by atoms with Gasteiger partial charge in [-0.05, 0) is 36.4 Å². The van der Waals surface area contributed by atoms with Crippen LogP contribution in [0.15, 0.2) is 60.8 Å². The summed E-state index contributed by atoms with van der Waals surface area (Å²) in [4.78, 5) is 22.2. The standard InChI is InChI=1S/C22H13ClF2N6O/c23-28-22(32)15-4-3-13(9-17(15)25)18-5-6-19-21(27-18)31(30-29-19)11-14-8-12-2-1-7-26-20(12)10-16(14)24/h1-10H,11H2,(H,28,32). The summed E-state index contributed by atoms with van der Waals surface area (Å²) in [5.74, 6) is -1.89. The smallest absolute Gasteiger partial charge is 0.268 e. The number of benzene rings is 2. The van der Waals surface area contributed by atoms with Crippen molar-refractivity contribution in [2.45, 2.75) is 6.54 Å². The number of rotatable bonds is 4. The molecule has 0 aliphatic heterocycles. The number of nitrogens with zero attached hydrogens (tertiary/aromatic N) is 5. The van der Waals surface area contributed by atoms with Gasteiger partial charge in [-0.3, -0.25) is 14.6 Å². The largest absolute Gasteiger partial charge is 0.268 e. The zero-order valence-electron chi connectivity index (χ0n) is 16.3. The van der Waals surface area contributed by atoms with Crippen molar-refractivity contribution in [2.75, 3.05) is 0 Å². The van der Waals surface area contributed by atoms with Crippen molar-refractivity contribution in [1.82, 2.24) is 29.8 Å². The van der Waals surface area contributed by atoms with Crippen LogP contribution in [-0.4, -0.2) is 30.9 Å². The van der Waals surface area contributed by atoms with Crippen LogP contribution in [0.25, 0.3) is 33.3 Å². The maximum atomic E-state index is 14.6. The van der Waals surface area contributed by atoms with Crippen molar-refractivity contribution in [1.29, 1.82) is 0 Å². The number of nitrogens with one attached hydrogen (secondary N) is 1. The van der Waals surface area contributed by atoms with Crippen LogP contribution >= 0.6 is 11.8 Å². The second kappa shape index (κ2) is 7.93. The maximum absolute atomic E-state index is 14.6. The summed E-state index contributed by atoms with van der Waals surface area (Å²) in [7, 11) is 0. The molecule has 0 bridgehead atoms. The molecule has 1 amide bonds. The molecule has 7 nitrogen and oxygen atoms in total. The van der Waals surface area contributed by atoms with E-state index in [2.05, 4.69) is 20.3 Å². The van der Waals surface area contributed by atoms with Gasteiger partial charge in [0.15, 0.2) is 5.65 Å². The molecule has 0 fully saturated rings. The van der Waals surface area contributed by atoms with Crippen molar-refractivity contribution in [2.24, 2.45) is 0 Å². The molecule has 5 aromatic rings. The predicted molar refractivity (Wildman–Crippen MR) is 115 cm³/mol. The van der Waals surface area contributed by atoms with E-state index in [4.69, 9.17) is 11.8 Å². The number of hydrogen-bond acceptors (Lipinski definition) is 5. The molecule has 3 heterocycles. The van der Waals surface area contributed by atoms with Gasteiger partial charge in [-0.15, -0.1) is 5.10 Å². The average molecular weight is 451 g/mol. The van der Waals surface area contributed by atoms with E-state index >= 15 is 0 Å². The van der Waals surface area contributed by atoms with Gasteiger partial charge in [0.2, 0.25) is 0 Å². The van der Waals surface area contributed by atoms with E-state index in [0.717, 1.165) is 5.39 Å². The Morgan fingerprint density at radius 3 is 2.72 bits per heavy atom. The normalized spacial score (nSPS) is 11.2. The van der Waals surface area contributed by atoms with Gasteiger partial charge < -0.3 is 0 Å². The summed E-state index contributed by atoms with van der Waals surface area (Å²) in [6.45, 7) is 0.104. The van der Waals surface area contributed by atoms with Crippen LogP contribution in [0.5, 0.6) is 0 Å². The van der Waals surface area contributed by atoms with E-state index in [1.165, 1.54) is 22.9 Å². The number of halogens is 3. The second-order valence-electron chi connectivity index (χ2n) is 7.04. The zero-order valence-corrected chi connectivity index (χ0v) is 17.0. The summed E-state index contributed by atoms with van der Waals surface area (Å²) in [5.41, 5.74) is 2.61. The van der Waals surface area contributed by atoms with Gasteiger partial charge in [-0.25, -0.2) is 18.4 Å². The summed E-state index contributed by atoms with van der Waals surface area (Å²) < 4.78 is 30.4. The third-order valence-corrected chi connectivity index (χ3v) is 5.22. The van der Waals surface area contributed by atoms with Crippen LogP contribution in [0.1, 0.15) is 15.9 Å². The Morgan fingerprint density at radius 2 is 1.91 bits per heavy atom. The number of amides is 1. The van der Waals surface area contributed by atoms with Gasteiger partial charge in [-0.2, -0.15) is 0 Å². The van der Waals surface area contributed by atoms with Gasteiger partial charge in [0.25, 0.3) is 5.91 Å². The summed E-state index contributed by atoms with van der Waals surface area (Å²) in [6.07, 6.45) is 1.61. The molecule has 0 saturated carbocycles. The highest BCUT2D eigenvalue weighted by molar-refractivity contribution is 6.24. The van der Waals surface area contributed by atoms with Crippen molar-refractivity contribution in [3.05, 3.63) is 83.6 Å². The Balaban J connectivity index is 1.53. The summed E-state index contributed by atoms with van der Waals surface area (Å²) >= 11 is 5.27. The lowest BCUT2D eigenvalue weighted by atomic mass is 10.1. The SMILES string of the molecule is O=C(NCl)c1ccc(-c2ccc3nnn(Cc4cc5cccnc5cc4F)c3n2)cc1F. The lowest BCUT2D eigenvalue weighted by Crippen LogP contribution is -2.14. The molecule has 0 unspecified atom stereocenters. The van der Waals surface area contributed by atoms with Crippen LogP contribution in [-0.2, 0) is 6.54 Å². The fourth-order valence-electron chi connectivity index (χ4n) is 3.45. The van der Waals surface area contributed by atoms with E-state index in [-0.39, 0.29) is 12.1 Å². The number of carbonyl (C=O) groups excluding carboxylic acids is 1. The minimum atomic E-state index is -0.742. The van der Waals surface area contributed by atoms with E-state index < -0.39 is 17.5 Å². The fraction of sp³-hybridized carbons (Fsp3) is 0.0455. The third-order valence-electron chi connectivity index (χ3n) is 5.05. The number of aromatic nitrogens is 5. The number of carbonyl (C=O) groups is 1. The highest BCUT2D eigenvalue weighted by Crippen LogP contribution is 2.24. The first-order valence-electron chi connectivity index (χ1n) is 9.48. The quantitative estimate of drug-likeness (QED) is 0.414. The maximum Gasteiger partial charge on any atom is 0.268 e. The molecule has 0 aliphatic rings. The van der Waals surface area contributed by atoms with Crippen molar-refractivity contribution in [3.63, 3.8) is 0 Å². The molecule has 1 N–H and O–H groups in total. The Bertz CT molecular complexity index is 1500. The minimum Gasteiger partial charge on any atom is -0.268 e. The highest BCUT2D eigenvalue weighted by atomic mass is 35.5. The van der Waals surface area contributed by atoms with Crippen molar-refractivity contribution < 1.29 is 13.6 Å². The van der Waals surface area contributed by atoms with E-state index in [0.29, 0.717) is 33.5 Å². The molecule has 0 atom stereocenters.